The van der Waals surface area contributed by atoms with E-state index in [-0.39, 0.29) is 35.4 Å². The Kier molecular flexibility index (Phi) is 1.95. The number of hydrazine groups is 1. The van der Waals surface area contributed by atoms with Crippen LogP contribution in [0.15, 0.2) is 12.2 Å². The van der Waals surface area contributed by atoms with Gasteiger partial charge in [0.2, 0.25) is 11.8 Å². The third-order valence-electron chi connectivity index (χ3n) is 6.23. The van der Waals surface area contributed by atoms with E-state index < -0.39 is 0 Å². The molecule has 5 nitrogen and oxygen atoms in total. The minimum Gasteiger partial charge on any atom is -0.289 e. The average Bonchev–Trinajstić information content (AvgIpc) is 3.10. The van der Waals surface area contributed by atoms with Gasteiger partial charge in [0.05, 0.1) is 5.92 Å². The van der Waals surface area contributed by atoms with Gasteiger partial charge in [-0.25, -0.2) is 5.01 Å². The van der Waals surface area contributed by atoms with Crippen LogP contribution in [-0.2, 0) is 9.59 Å². The summed E-state index contributed by atoms with van der Waals surface area (Å²) >= 11 is 0. The number of hydrogen-bond donors (Lipinski definition) is 2. The quantitative estimate of drug-likeness (QED) is 0.633. The maximum Gasteiger partial charge on any atom is 0.248 e. The minimum absolute atomic E-state index is 0.000163. The lowest BCUT2D eigenvalue weighted by Gasteiger charge is -2.56. The zero-order valence-corrected chi connectivity index (χ0v) is 11.3. The van der Waals surface area contributed by atoms with E-state index in [0.29, 0.717) is 18.3 Å². The van der Waals surface area contributed by atoms with Crippen LogP contribution in [0.3, 0.4) is 0 Å². The Balaban J connectivity index is 1.60. The fraction of sp³-hybridized carbons (Fsp3) is 0.733. The first kappa shape index (κ1) is 11.3. The summed E-state index contributed by atoms with van der Waals surface area (Å²) in [5.74, 6) is 1.32. The Hall–Kier alpha value is -1.36. The highest BCUT2D eigenvalue weighted by atomic mass is 16.2. The predicted molar refractivity (Wildman–Crippen MR) is 70.8 cm³/mol. The molecule has 6 atom stereocenters. The second-order valence-corrected chi connectivity index (χ2v) is 7.07. The van der Waals surface area contributed by atoms with E-state index in [4.69, 9.17) is 0 Å². The summed E-state index contributed by atoms with van der Waals surface area (Å²) in [6.07, 6.45) is 9.23. The Labute approximate surface area is 117 Å². The maximum absolute atomic E-state index is 13.0. The number of carbonyl (C=O) groups is 2. The number of carbonyl (C=O) groups excluding carboxylic acids is 2. The van der Waals surface area contributed by atoms with Crippen LogP contribution in [0.1, 0.15) is 32.1 Å². The third-order valence-corrected chi connectivity index (χ3v) is 6.23. The van der Waals surface area contributed by atoms with E-state index in [0.717, 1.165) is 25.7 Å². The summed E-state index contributed by atoms with van der Waals surface area (Å²) in [5, 5.41) is 5.50. The number of hydrogen-bond acceptors (Lipinski definition) is 3. The van der Waals surface area contributed by atoms with Crippen LogP contribution in [-0.4, -0.2) is 28.5 Å². The zero-order chi connectivity index (χ0) is 13.5. The molecule has 0 aromatic rings. The topological polar surface area (TPSA) is 61.4 Å². The van der Waals surface area contributed by atoms with E-state index in [1.54, 1.807) is 5.01 Å². The van der Waals surface area contributed by atoms with Crippen molar-refractivity contribution >= 4 is 11.8 Å². The normalized spacial score (nSPS) is 51.8. The number of amides is 2. The van der Waals surface area contributed by atoms with Crippen molar-refractivity contribution in [2.45, 2.75) is 43.8 Å². The van der Waals surface area contributed by atoms with Gasteiger partial charge in [-0.15, -0.1) is 0 Å². The zero-order valence-electron chi connectivity index (χ0n) is 11.3. The van der Waals surface area contributed by atoms with E-state index in [1.165, 1.54) is 0 Å². The molecule has 0 aromatic heterocycles. The van der Waals surface area contributed by atoms with Gasteiger partial charge in [-0.1, -0.05) is 12.2 Å². The molecular formula is C15H19N3O2. The van der Waals surface area contributed by atoms with Crippen molar-refractivity contribution in [2.75, 3.05) is 0 Å². The number of allylic oxidation sites excluding steroid dienone is 1. The molecule has 2 aliphatic heterocycles. The van der Waals surface area contributed by atoms with Gasteiger partial charge in [0.1, 0.15) is 5.66 Å². The molecule has 0 aromatic carbocycles. The van der Waals surface area contributed by atoms with Crippen LogP contribution in [0.4, 0.5) is 0 Å². The molecule has 2 heterocycles. The van der Waals surface area contributed by atoms with Crippen LogP contribution in [0.25, 0.3) is 0 Å². The smallest absolute Gasteiger partial charge is 0.248 e. The summed E-state index contributed by atoms with van der Waals surface area (Å²) in [5.41, 5.74) is 2.56. The second-order valence-electron chi connectivity index (χ2n) is 7.07. The largest absolute Gasteiger partial charge is 0.289 e. The van der Waals surface area contributed by atoms with E-state index >= 15 is 0 Å². The molecule has 0 radical (unpaired) electrons. The van der Waals surface area contributed by atoms with Gasteiger partial charge in [-0.3, -0.25) is 20.3 Å². The Morgan fingerprint density at radius 2 is 2.10 bits per heavy atom. The molecule has 4 fully saturated rings. The van der Waals surface area contributed by atoms with E-state index in [1.807, 2.05) is 0 Å². The summed E-state index contributed by atoms with van der Waals surface area (Å²) in [6.45, 7) is 0. The number of nitrogens with zero attached hydrogens (tertiary/aromatic N) is 1. The lowest BCUT2D eigenvalue weighted by Crippen LogP contribution is -2.78. The van der Waals surface area contributed by atoms with Gasteiger partial charge >= 0.3 is 0 Å². The summed E-state index contributed by atoms with van der Waals surface area (Å²) in [7, 11) is 0. The molecule has 5 rings (SSSR count). The Morgan fingerprint density at radius 1 is 1.25 bits per heavy atom. The van der Waals surface area contributed by atoms with Gasteiger partial charge in [-0.2, -0.15) is 0 Å². The molecule has 5 heteroatoms. The highest BCUT2D eigenvalue weighted by Crippen LogP contribution is 2.52. The molecule has 0 unspecified atom stereocenters. The van der Waals surface area contributed by atoms with Crippen molar-refractivity contribution in [1.29, 1.82) is 0 Å². The lowest BCUT2D eigenvalue weighted by molar-refractivity contribution is -0.177. The predicted octanol–water partition coefficient (Wildman–Crippen LogP) is 0.540. The highest BCUT2D eigenvalue weighted by Gasteiger charge is 2.63. The van der Waals surface area contributed by atoms with Gasteiger partial charge < -0.3 is 0 Å². The molecule has 106 valence electrons. The Bertz CT molecular complexity index is 545. The molecular weight excluding hydrogens is 254 g/mol. The lowest BCUT2D eigenvalue weighted by atomic mass is 9.79. The standard InChI is InChI=1S/C15H19N3O2/c19-11-7-10-2-1-5-15(10)16-13-9-4-3-8(6-9)12(13)14(20)18(15)17-11/h3-4,8-10,12-13,16H,1-2,5-7H2,(H,17,19)/t8-,9+,10-,12+,13-,15-/m1/s1. The van der Waals surface area contributed by atoms with Crippen LogP contribution >= 0.6 is 0 Å². The van der Waals surface area contributed by atoms with Gasteiger partial charge in [0, 0.05) is 18.4 Å². The van der Waals surface area contributed by atoms with Gasteiger partial charge in [0.25, 0.3) is 0 Å². The SMILES string of the molecule is O=C1C[C@H]2CCC[C@]23N[C@H]2[C@@H](C(=O)N3N1)[C@@H]1C=C[C@H]2C1. The maximum atomic E-state index is 13.0. The van der Waals surface area contributed by atoms with Gasteiger partial charge in [-0.05, 0) is 37.5 Å². The van der Waals surface area contributed by atoms with Crippen LogP contribution < -0.4 is 10.7 Å². The fourth-order valence-corrected chi connectivity index (χ4v) is 5.42. The van der Waals surface area contributed by atoms with Crippen molar-refractivity contribution in [3.63, 3.8) is 0 Å². The highest BCUT2D eigenvalue weighted by molar-refractivity contribution is 5.88. The summed E-state index contributed by atoms with van der Waals surface area (Å²) in [6, 6.07) is 0.282. The van der Waals surface area contributed by atoms with E-state index in [9.17, 15) is 9.59 Å². The van der Waals surface area contributed by atoms with Crippen molar-refractivity contribution in [1.82, 2.24) is 15.8 Å². The minimum atomic E-state index is -0.301. The number of fused-ring (bicyclic) bond motifs is 5. The molecule has 2 N–H and O–H groups in total. The van der Waals surface area contributed by atoms with Crippen LogP contribution in [0, 0.1) is 23.7 Å². The number of nitrogens with one attached hydrogen (secondary N) is 2. The average molecular weight is 273 g/mol. The molecule has 20 heavy (non-hydrogen) atoms. The second kappa shape index (κ2) is 3.45. The molecule has 2 bridgehead atoms. The fourth-order valence-electron chi connectivity index (χ4n) is 5.42. The molecule has 2 saturated carbocycles. The summed E-state index contributed by atoms with van der Waals surface area (Å²) < 4.78 is 0. The molecule has 5 aliphatic rings. The molecule has 1 spiro atoms. The summed E-state index contributed by atoms with van der Waals surface area (Å²) in [4.78, 5) is 24.9. The van der Waals surface area contributed by atoms with Crippen molar-refractivity contribution < 1.29 is 9.59 Å². The third kappa shape index (κ3) is 1.14. The Morgan fingerprint density at radius 3 is 3.00 bits per heavy atom. The molecule has 3 aliphatic carbocycles. The first-order chi connectivity index (χ1) is 9.69. The van der Waals surface area contributed by atoms with E-state index in [2.05, 4.69) is 22.9 Å². The van der Waals surface area contributed by atoms with Crippen LogP contribution in [0.5, 0.6) is 0 Å². The first-order valence-electron chi connectivity index (χ1n) is 7.79. The van der Waals surface area contributed by atoms with Crippen molar-refractivity contribution in [2.24, 2.45) is 23.7 Å². The first-order valence-corrected chi connectivity index (χ1v) is 7.79. The molecule has 2 saturated heterocycles. The molecule has 2 amide bonds. The van der Waals surface area contributed by atoms with Crippen molar-refractivity contribution in [3.05, 3.63) is 12.2 Å². The monoisotopic (exact) mass is 273 g/mol. The van der Waals surface area contributed by atoms with Gasteiger partial charge in [0.15, 0.2) is 0 Å². The van der Waals surface area contributed by atoms with Crippen LogP contribution in [0.2, 0.25) is 0 Å². The van der Waals surface area contributed by atoms with Crippen molar-refractivity contribution in [3.8, 4) is 0 Å². The number of rotatable bonds is 0.